The summed E-state index contributed by atoms with van der Waals surface area (Å²) in [6.45, 7) is 1.97. The number of amides is 1. The van der Waals surface area contributed by atoms with Crippen LogP contribution in [0, 0.1) is 6.92 Å². The van der Waals surface area contributed by atoms with E-state index < -0.39 is 6.23 Å². The Balaban J connectivity index is 1.97. The summed E-state index contributed by atoms with van der Waals surface area (Å²) in [5.74, 6) is 0.413. The average Bonchev–Trinajstić information content (AvgIpc) is 2.39. The van der Waals surface area contributed by atoms with Gasteiger partial charge in [0.25, 0.3) is 5.91 Å². The molecular weight excluding hydrogens is 308 g/mol. The molecule has 0 spiro atoms. The molecular formula is C14H11BrN2O2. The highest BCUT2D eigenvalue weighted by atomic mass is 79.9. The van der Waals surface area contributed by atoms with Crippen molar-refractivity contribution in [2.75, 3.05) is 0 Å². The molecule has 1 aliphatic rings. The minimum atomic E-state index is -0.541. The number of benzene rings is 1. The van der Waals surface area contributed by atoms with Crippen molar-refractivity contribution < 1.29 is 9.53 Å². The first-order chi connectivity index (χ1) is 9.13. The molecule has 0 saturated carbocycles. The molecule has 0 radical (unpaired) electrons. The maximum absolute atomic E-state index is 12.1. The van der Waals surface area contributed by atoms with Gasteiger partial charge in [0.05, 0.1) is 5.56 Å². The Kier molecular flexibility index (Phi) is 2.98. The lowest BCUT2D eigenvalue weighted by atomic mass is 10.1. The van der Waals surface area contributed by atoms with E-state index in [2.05, 4.69) is 26.2 Å². The standard InChI is InChI=1S/C14H11BrN2O2/c1-8-4-5-16-11(6-8)14-17-13(18)10-7-9(15)2-3-12(10)19-14/h2-7,14H,1H3,(H,17,18). The Morgan fingerprint density at radius 3 is 2.95 bits per heavy atom. The van der Waals surface area contributed by atoms with E-state index in [0.29, 0.717) is 17.0 Å². The molecule has 0 fully saturated rings. The number of nitrogens with zero attached hydrogens (tertiary/aromatic N) is 1. The number of fused-ring (bicyclic) bond motifs is 1. The molecule has 1 atom stereocenters. The van der Waals surface area contributed by atoms with Crippen LogP contribution in [0.3, 0.4) is 0 Å². The highest BCUT2D eigenvalue weighted by Gasteiger charge is 2.27. The highest BCUT2D eigenvalue weighted by molar-refractivity contribution is 9.10. The van der Waals surface area contributed by atoms with Crippen LogP contribution in [-0.2, 0) is 0 Å². The first kappa shape index (κ1) is 12.2. The monoisotopic (exact) mass is 318 g/mol. The summed E-state index contributed by atoms with van der Waals surface area (Å²) in [6, 6.07) is 9.16. The summed E-state index contributed by atoms with van der Waals surface area (Å²) < 4.78 is 6.63. The molecule has 2 aromatic rings. The van der Waals surface area contributed by atoms with Crippen molar-refractivity contribution in [2.45, 2.75) is 13.2 Å². The number of aromatic nitrogens is 1. The lowest BCUT2D eigenvalue weighted by Gasteiger charge is -2.26. The van der Waals surface area contributed by atoms with Crippen LogP contribution >= 0.6 is 15.9 Å². The number of carbonyl (C=O) groups is 1. The van der Waals surface area contributed by atoms with Gasteiger partial charge in [0.2, 0.25) is 6.23 Å². The maximum atomic E-state index is 12.1. The van der Waals surface area contributed by atoms with Gasteiger partial charge in [0, 0.05) is 10.7 Å². The van der Waals surface area contributed by atoms with Gasteiger partial charge in [-0.25, -0.2) is 0 Å². The summed E-state index contributed by atoms with van der Waals surface area (Å²) in [5.41, 5.74) is 2.30. The fourth-order valence-corrected chi connectivity index (χ4v) is 2.33. The van der Waals surface area contributed by atoms with Gasteiger partial charge in [0.15, 0.2) is 0 Å². The van der Waals surface area contributed by atoms with Crippen molar-refractivity contribution in [1.82, 2.24) is 10.3 Å². The van der Waals surface area contributed by atoms with E-state index in [0.717, 1.165) is 10.0 Å². The van der Waals surface area contributed by atoms with Gasteiger partial charge in [-0.15, -0.1) is 0 Å². The van der Waals surface area contributed by atoms with Gasteiger partial charge >= 0.3 is 0 Å². The Morgan fingerprint density at radius 2 is 2.16 bits per heavy atom. The fourth-order valence-electron chi connectivity index (χ4n) is 1.97. The summed E-state index contributed by atoms with van der Waals surface area (Å²) in [4.78, 5) is 16.3. The van der Waals surface area contributed by atoms with Gasteiger partial charge in [-0.05, 0) is 42.8 Å². The van der Waals surface area contributed by atoms with Crippen molar-refractivity contribution in [1.29, 1.82) is 0 Å². The predicted octanol–water partition coefficient (Wildman–Crippen LogP) is 2.97. The van der Waals surface area contributed by atoms with Crippen LogP contribution in [0.1, 0.15) is 27.8 Å². The van der Waals surface area contributed by atoms with E-state index in [-0.39, 0.29) is 5.91 Å². The molecule has 0 aliphatic carbocycles. The number of hydrogen-bond donors (Lipinski definition) is 1. The minimum absolute atomic E-state index is 0.157. The molecule has 5 heteroatoms. The normalized spacial score (nSPS) is 17.4. The third kappa shape index (κ3) is 2.33. The lowest BCUT2D eigenvalue weighted by Crippen LogP contribution is -2.37. The quantitative estimate of drug-likeness (QED) is 0.879. The highest BCUT2D eigenvalue weighted by Crippen LogP contribution is 2.30. The Bertz CT molecular complexity index is 658. The van der Waals surface area contributed by atoms with Crippen molar-refractivity contribution in [3.63, 3.8) is 0 Å². The SMILES string of the molecule is Cc1ccnc(C2NC(=O)c3cc(Br)ccc3O2)c1. The Labute approximate surface area is 118 Å². The molecule has 1 unspecified atom stereocenters. The number of aryl methyl sites for hydroxylation is 1. The van der Waals surface area contributed by atoms with Crippen molar-refractivity contribution >= 4 is 21.8 Å². The van der Waals surface area contributed by atoms with Crippen molar-refractivity contribution in [3.05, 3.63) is 57.8 Å². The van der Waals surface area contributed by atoms with Gasteiger partial charge in [0.1, 0.15) is 11.4 Å². The van der Waals surface area contributed by atoms with Crippen molar-refractivity contribution in [2.24, 2.45) is 0 Å². The predicted molar refractivity (Wildman–Crippen MR) is 74.0 cm³/mol. The summed E-state index contributed by atoms with van der Waals surface area (Å²) in [5, 5.41) is 2.80. The number of halogens is 1. The second kappa shape index (κ2) is 4.66. The van der Waals surface area contributed by atoms with Crippen LogP contribution in [0.5, 0.6) is 5.75 Å². The second-order valence-electron chi connectivity index (χ2n) is 4.37. The first-order valence-corrected chi connectivity index (χ1v) is 6.62. The number of pyridine rings is 1. The Hall–Kier alpha value is -1.88. The molecule has 1 N–H and O–H groups in total. The molecule has 0 bridgehead atoms. The van der Waals surface area contributed by atoms with E-state index in [1.54, 1.807) is 18.3 Å². The van der Waals surface area contributed by atoms with E-state index in [1.165, 1.54) is 0 Å². The Morgan fingerprint density at radius 1 is 1.32 bits per heavy atom. The van der Waals surface area contributed by atoms with E-state index >= 15 is 0 Å². The molecule has 1 aromatic heterocycles. The molecule has 1 aromatic carbocycles. The summed E-state index contributed by atoms with van der Waals surface area (Å²) >= 11 is 3.34. The van der Waals surface area contributed by atoms with Gasteiger partial charge in [-0.3, -0.25) is 9.78 Å². The molecule has 3 rings (SSSR count). The first-order valence-electron chi connectivity index (χ1n) is 5.83. The van der Waals surface area contributed by atoms with Crippen LogP contribution in [-0.4, -0.2) is 10.9 Å². The third-order valence-corrected chi connectivity index (χ3v) is 3.39. The zero-order chi connectivity index (χ0) is 13.4. The zero-order valence-electron chi connectivity index (χ0n) is 10.2. The average molecular weight is 319 g/mol. The van der Waals surface area contributed by atoms with Crippen LogP contribution in [0.4, 0.5) is 0 Å². The smallest absolute Gasteiger partial charge is 0.258 e. The van der Waals surface area contributed by atoms with Gasteiger partial charge in [-0.1, -0.05) is 15.9 Å². The molecule has 96 valence electrons. The minimum Gasteiger partial charge on any atom is -0.464 e. The van der Waals surface area contributed by atoms with Crippen LogP contribution in [0.25, 0.3) is 0 Å². The zero-order valence-corrected chi connectivity index (χ0v) is 11.8. The largest absolute Gasteiger partial charge is 0.464 e. The van der Waals surface area contributed by atoms with Gasteiger partial charge in [-0.2, -0.15) is 0 Å². The van der Waals surface area contributed by atoms with Crippen LogP contribution in [0.2, 0.25) is 0 Å². The summed E-state index contributed by atoms with van der Waals surface area (Å²) in [7, 11) is 0. The molecule has 1 aliphatic heterocycles. The van der Waals surface area contributed by atoms with E-state index in [4.69, 9.17) is 4.74 Å². The number of rotatable bonds is 1. The molecule has 19 heavy (non-hydrogen) atoms. The summed E-state index contributed by atoms with van der Waals surface area (Å²) in [6.07, 6.45) is 1.16. The number of ether oxygens (including phenoxy) is 1. The lowest BCUT2D eigenvalue weighted by molar-refractivity contribution is 0.0748. The molecule has 0 saturated heterocycles. The molecule has 4 nitrogen and oxygen atoms in total. The molecule has 2 heterocycles. The van der Waals surface area contributed by atoms with Crippen molar-refractivity contribution in [3.8, 4) is 5.75 Å². The van der Waals surface area contributed by atoms with E-state index in [9.17, 15) is 4.79 Å². The number of carbonyl (C=O) groups excluding carboxylic acids is 1. The number of hydrogen-bond acceptors (Lipinski definition) is 3. The van der Waals surface area contributed by atoms with Crippen LogP contribution in [0.15, 0.2) is 41.0 Å². The topological polar surface area (TPSA) is 51.2 Å². The van der Waals surface area contributed by atoms with Gasteiger partial charge < -0.3 is 10.1 Å². The van der Waals surface area contributed by atoms with Crippen LogP contribution < -0.4 is 10.1 Å². The number of nitrogens with one attached hydrogen (secondary N) is 1. The molecule has 1 amide bonds. The second-order valence-corrected chi connectivity index (χ2v) is 5.29. The van der Waals surface area contributed by atoms with E-state index in [1.807, 2.05) is 25.1 Å². The fraction of sp³-hybridized carbons (Fsp3) is 0.143. The third-order valence-electron chi connectivity index (χ3n) is 2.90. The maximum Gasteiger partial charge on any atom is 0.258 e.